The molecule has 0 radical (unpaired) electrons. The van der Waals surface area contributed by atoms with Gasteiger partial charge in [0.1, 0.15) is 11.8 Å². The van der Waals surface area contributed by atoms with Crippen molar-refractivity contribution in [2.24, 2.45) is 0 Å². The third kappa shape index (κ3) is 3.11. The van der Waals surface area contributed by atoms with Crippen molar-refractivity contribution in [1.82, 2.24) is 9.88 Å². The van der Waals surface area contributed by atoms with Crippen molar-refractivity contribution >= 4 is 11.9 Å². The second-order valence-corrected chi connectivity index (χ2v) is 5.65. The number of carbonyl (C=O) groups excluding carboxylic acids is 1. The lowest BCUT2D eigenvalue weighted by Crippen LogP contribution is -2.41. The molecule has 6 nitrogen and oxygen atoms in total. The van der Waals surface area contributed by atoms with Crippen LogP contribution in [0.25, 0.3) is 11.5 Å². The van der Waals surface area contributed by atoms with E-state index in [0.717, 1.165) is 12.0 Å². The predicted molar refractivity (Wildman–Crippen MR) is 82.8 cm³/mol. The quantitative estimate of drug-likeness (QED) is 0.936. The summed E-state index contributed by atoms with van der Waals surface area (Å²) in [5.74, 6) is -0.103. The highest BCUT2D eigenvalue weighted by molar-refractivity contribution is 5.85. The molecule has 1 fully saturated rings. The molecule has 2 aromatic rings. The number of hydrogen-bond acceptors (Lipinski definition) is 4. The Morgan fingerprint density at radius 1 is 1.35 bits per heavy atom. The summed E-state index contributed by atoms with van der Waals surface area (Å²) in [6.45, 7) is 2.25. The molecule has 1 aliphatic rings. The SMILES string of the molecule is Cc1oc(-c2ccccc2)nc1CC(=O)N1CCC[C@@H]1C(=O)O. The average Bonchev–Trinajstić information content (AvgIpc) is 3.16. The number of amides is 1. The Labute approximate surface area is 133 Å². The van der Waals surface area contributed by atoms with Crippen LogP contribution in [0.4, 0.5) is 0 Å². The highest BCUT2D eigenvalue weighted by atomic mass is 16.4. The summed E-state index contributed by atoms with van der Waals surface area (Å²) >= 11 is 0. The van der Waals surface area contributed by atoms with Crippen molar-refractivity contribution in [3.8, 4) is 11.5 Å². The zero-order valence-electron chi connectivity index (χ0n) is 12.9. The normalized spacial score (nSPS) is 17.4. The fourth-order valence-corrected chi connectivity index (χ4v) is 2.86. The van der Waals surface area contributed by atoms with Crippen LogP contribution in [0.5, 0.6) is 0 Å². The minimum atomic E-state index is -0.947. The largest absolute Gasteiger partial charge is 0.480 e. The molecule has 0 bridgehead atoms. The van der Waals surface area contributed by atoms with Crippen LogP contribution >= 0.6 is 0 Å². The lowest BCUT2D eigenvalue weighted by molar-refractivity contribution is -0.148. The summed E-state index contributed by atoms with van der Waals surface area (Å²) in [4.78, 5) is 29.4. The van der Waals surface area contributed by atoms with Gasteiger partial charge >= 0.3 is 5.97 Å². The minimum absolute atomic E-state index is 0.0615. The summed E-state index contributed by atoms with van der Waals surface area (Å²) < 4.78 is 5.64. The van der Waals surface area contributed by atoms with Gasteiger partial charge in [0.25, 0.3) is 0 Å². The molecule has 1 aromatic carbocycles. The Morgan fingerprint density at radius 2 is 2.09 bits per heavy atom. The van der Waals surface area contributed by atoms with Gasteiger partial charge < -0.3 is 14.4 Å². The number of nitrogens with zero attached hydrogens (tertiary/aromatic N) is 2. The number of aliphatic carboxylic acids is 1. The number of hydrogen-bond donors (Lipinski definition) is 1. The van der Waals surface area contributed by atoms with Crippen molar-refractivity contribution in [3.05, 3.63) is 41.8 Å². The van der Waals surface area contributed by atoms with E-state index in [1.165, 1.54) is 4.90 Å². The van der Waals surface area contributed by atoms with Crippen molar-refractivity contribution in [1.29, 1.82) is 0 Å². The number of rotatable bonds is 4. The molecule has 2 heterocycles. The number of carboxylic acids is 1. The maximum absolute atomic E-state index is 12.4. The predicted octanol–water partition coefficient (Wildman–Crippen LogP) is 2.27. The van der Waals surface area contributed by atoms with Crippen molar-refractivity contribution in [2.45, 2.75) is 32.2 Å². The van der Waals surface area contributed by atoms with E-state index in [0.29, 0.717) is 30.3 Å². The molecule has 1 aliphatic heterocycles. The fourth-order valence-electron chi connectivity index (χ4n) is 2.86. The number of benzene rings is 1. The molecule has 1 amide bonds. The molecule has 23 heavy (non-hydrogen) atoms. The number of carboxylic acid groups (broad SMARTS) is 1. The Hall–Kier alpha value is -2.63. The first kappa shape index (κ1) is 15.3. The van der Waals surface area contributed by atoms with E-state index in [2.05, 4.69) is 4.98 Å². The molecule has 0 aliphatic carbocycles. The molecule has 1 saturated heterocycles. The molecule has 1 aromatic heterocycles. The van der Waals surface area contributed by atoms with Gasteiger partial charge in [0.2, 0.25) is 11.8 Å². The van der Waals surface area contributed by atoms with Gasteiger partial charge in [-0.25, -0.2) is 9.78 Å². The lowest BCUT2D eigenvalue weighted by Gasteiger charge is -2.20. The fraction of sp³-hybridized carbons (Fsp3) is 0.353. The molecule has 0 unspecified atom stereocenters. The van der Waals surface area contributed by atoms with E-state index < -0.39 is 12.0 Å². The van der Waals surface area contributed by atoms with Crippen LogP contribution in [0.2, 0.25) is 0 Å². The van der Waals surface area contributed by atoms with Gasteiger partial charge in [-0.15, -0.1) is 0 Å². The Bertz CT molecular complexity index is 723. The molecule has 0 spiro atoms. The molecule has 6 heteroatoms. The first-order valence-corrected chi connectivity index (χ1v) is 7.60. The third-order valence-corrected chi connectivity index (χ3v) is 4.09. The molecular formula is C17H18N2O4. The Kier molecular flexibility index (Phi) is 4.14. The monoisotopic (exact) mass is 314 g/mol. The topological polar surface area (TPSA) is 83.6 Å². The van der Waals surface area contributed by atoms with E-state index in [-0.39, 0.29) is 12.3 Å². The molecule has 3 rings (SSSR count). The molecule has 120 valence electrons. The third-order valence-electron chi connectivity index (χ3n) is 4.09. The van der Waals surface area contributed by atoms with E-state index in [1.54, 1.807) is 6.92 Å². The summed E-state index contributed by atoms with van der Waals surface area (Å²) in [7, 11) is 0. The molecular weight excluding hydrogens is 296 g/mol. The van der Waals surface area contributed by atoms with Crippen LogP contribution in [0.3, 0.4) is 0 Å². The molecule has 1 atom stereocenters. The molecule has 0 saturated carbocycles. The second kappa shape index (κ2) is 6.24. The van der Waals surface area contributed by atoms with E-state index >= 15 is 0 Å². The standard InChI is InChI=1S/C17H18N2O4/c1-11-13(18-16(23-11)12-6-3-2-4-7-12)10-15(20)19-9-5-8-14(19)17(21)22/h2-4,6-7,14H,5,8-10H2,1H3,(H,21,22)/t14-/m1/s1. The number of aryl methyl sites for hydroxylation is 1. The maximum atomic E-state index is 12.4. The van der Waals surface area contributed by atoms with Gasteiger partial charge in [-0.1, -0.05) is 18.2 Å². The first-order chi connectivity index (χ1) is 11.1. The summed E-state index contributed by atoms with van der Waals surface area (Å²) in [6, 6.07) is 8.74. The molecule has 1 N–H and O–H groups in total. The van der Waals surface area contributed by atoms with Crippen molar-refractivity contribution in [2.75, 3.05) is 6.54 Å². The minimum Gasteiger partial charge on any atom is -0.480 e. The lowest BCUT2D eigenvalue weighted by atomic mass is 10.2. The van der Waals surface area contributed by atoms with E-state index in [4.69, 9.17) is 4.42 Å². The van der Waals surface area contributed by atoms with E-state index in [1.807, 2.05) is 30.3 Å². The van der Waals surface area contributed by atoms with Gasteiger partial charge in [0, 0.05) is 12.1 Å². The summed E-state index contributed by atoms with van der Waals surface area (Å²) in [5.41, 5.74) is 1.41. The first-order valence-electron chi connectivity index (χ1n) is 7.60. The smallest absolute Gasteiger partial charge is 0.326 e. The van der Waals surface area contributed by atoms with Crippen LogP contribution in [0, 0.1) is 6.92 Å². The van der Waals surface area contributed by atoms with Crippen LogP contribution in [0.1, 0.15) is 24.3 Å². The van der Waals surface area contributed by atoms with Crippen LogP contribution in [0.15, 0.2) is 34.7 Å². The Balaban J connectivity index is 1.77. The second-order valence-electron chi connectivity index (χ2n) is 5.65. The van der Waals surface area contributed by atoms with E-state index in [9.17, 15) is 14.7 Å². The van der Waals surface area contributed by atoms with Crippen LogP contribution < -0.4 is 0 Å². The Morgan fingerprint density at radius 3 is 2.78 bits per heavy atom. The van der Waals surface area contributed by atoms with Crippen molar-refractivity contribution in [3.63, 3.8) is 0 Å². The van der Waals surface area contributed by atoms with Gasteiger partial charge in [0.15, 0.2) is 0 Å². The van der Waals surface area contributed by atoms with Crippen LogP contribution in [-0.2, 0) is 16.0 Å². The maximum Gasteiger partial charge on any atom is 0.326 e. The zero-order valence-corrected chi connectivity index (χ0v) is 12.9. The highest BCUT2D eigenvalue weighted by Crippen LogP contribution is 2.23. The highest BCUT2D eigenvalue weighted by Gasteiger charge is 2.34. The van der Waals surface area contributed by atoms with Crippen LogP contribution in [-0.4, -0.2) is 39.5 Å². The average molecular weight is 314 g/mol. The number of oxazole rings is 1. The zero-order chi connectivity index (χ0) is 16.4. The summed E-state index contributed by atoms with van der Waals surface area (Å²) in [5, 5.41) is 9.18. The van der Waals surface area contributed by atoms with Crippen molar-refractivity contribution < 1.29 is 19.1 Å². The van der Waals surface area contributed by atoms with Gasteiger partial charge in [0.05, 0.1) is 12.1 Å². The number of aromatic nitrogens is 1. The summed E-state index contributed by atoms with van der Waals surface area (Å²) in [6.07, 6.45) is 1.29. The van der Waals surface area contributed by atoms with Gasteiger partial charge in [-0.2, -0.15) is 0 Å². The number of likely N-dealkylation sites (tertiary alicyclic amines) is 1. The van der Waals surface area contributed by atoms with Gasteiger partial charge in [-0.05, 0) is 31.9 Å². The number of carbonyl (C=O) groups is 2. The van der Waals surface area contributed by atoms with Gasteiger partial charge in [-0.3, -0.25) is 4.79 Å².